The van der Waals surface area contributed by atoms with Crippen molar-refractivity contribution in [3.05, 3.63) is 24.3 Å². The van der Waals surface area contributed by atoms with Crippen LogP contribution in [0.3, 0.4) is 0 Å². The zero-order valence-corrected chi connectivity index (χ0v) is 11.9. The molecule has 102 valence electrons. The van der Waals surface area contributed by atoms with Gasteiger partial charge in [-0.15, -0.1) is 0 Å². The Morgan fingerprint density at radius 1 is 1.11 bits per heavy atom. The van der Waals surface area contributed by atoms with Crippen LogP contribution in [0.5, 0.6) is 5.75 Å². The van der Waals surface area contributed by atoms with Crippen molar-refractivity contribution in [2.75, 3.05) is 23.8 Å². The van der Waals surface area contributed by atoms with E-state index in [1.165, 1.54) is 12.8 Å². The zero-order valence-electron chi connectivity index (χ0n) is 11.1. The molecule has 1 atom stereocenters. The molecule has 2 N–H and O–H groups in total. The van der Waals surface area contributed by atoms with E-state index in [0.29, 0.717) is 6.61 Å². The standard InChI is InChI=1S/C14H23NO2S/c1-2-3-4-11-18(16)12-5-10-17-14-8-6-13(15)7-9-14/h6-9H,2-5,10-12,15H2,1H3. The molecule has 0 saturated carbocycles. The van der Waals surface area contributed by atoms with Gasteiger partial charge in [0, 0.05) is 28.0 Å². The van der Waals surface area contributed by atoms with E-state index in [-0.39, 0.29) is 0 Å². The van der Waals surface area contributed by atoms with Gasteiger partial charge in [0.25, 0.3) is 0 Å². The molecule has 0 bridgehead atoms. The summed E-state index contributed by atoms with van der Waals surface area (Å²) in [6.45, 7) is 2.77. The van der Waals surface area contributed by atoms with Crippen LogP contribution < -0.4 is 10.5 Å². The quantitative estimate of drug-likeness (QED) is 0.554. The van der Waals surface area contributed by atoms with Crippen LogP contribution in [0.1, 0.15) is 32.6 Å². The average Bonchev–Trinajstić information content (AvgIpc) is 2.37. The van der Waals surface area contributed by atoms with Crippen LogP contribution in [0, 0.1) is 0 Å². The first-order valence-electron chi connectivity index (χ1n) is 6.55. The summed E-state index contributed by atoms with van der Waals surface area (Å²) in [7, 11) is -0.683. The van der Waals surface area contributed by atoms with Crippen molar-refractivity contribution >= 4 is 16.5 Å². The number of unbranched alkanes of at least 4 members (excludes halogenated alkanes) is 2. The minimum Gasteiger partial charge on any atom is -0.494 e. The topological polar surface area (TPSA) is 52.3 Å². The second-order valence-corrected chi connectivity index (χ2v) is 6.02. The molecular weight excluding hydrogens is 246 g/mol. The van der Waals surface area contributed by atoms with Crippen LogP contribution >= 0.6 is 0 Å². The Morgan fingerprint density at radius 3 is 2.44 bits per heavy atom. The highest BCUT2D eigenvalue weighted by atomic mass is 32.2. The van der Waals surface area contributed by atoms with E-state index in [9.17, 15) is 4.21 Å². The second kappa shape index (κ2) is 8.97. The van der Waals surface area contributed by atoms with Gasteiger partial charge < -0.3 is 10.5 Å². The monoisotopic (exact) mass is 269 g/mol. The normalized spacial score (nSPS) is 12.3. The third-order valence-electron chi connectivity index (χ3n) is 2.64. The molecule has 1 unspecified atom stereocenters. The van der Waals surface area contributed by atoms with Crippen molar-refractivity contribution in [2.24, 2.45) is 0 Å². The zero-order chi connectivity index (χ0) is 13.2. The molecule has 0 fully saturated rings. The number of nitrogens with two attached hydrogens (primary N) is 1. The summed E-state index contributed by atoms with van der Waals surface area (Å²) in [5, 5.41) is 0. The smallest absolute Gasteiger partial charge is 0.119 e. The molecule has 0 amide bonds. The minimum atomic E-state index is -0.683. The highest BCUT2D eigenvalue weighted by molar-refractivity contribution is 7.84. The Bertz CT molecular complexity index is 351. The molecule has 0 saturated heterocycles. The van der Waals surface area contributed by atoms with Gasteiger partial charge in [0.15, 0.2) is 0 Å². The van der Waals surface area contributed by atoms with Gasteiger partial charge >= 0.3 is 0 Å². The van der Waals surface area contributed by atoms with Gasteiger partial charge in [-0.25, -0.2) is 0 Å². The van der Waals surface area contributed by atoms with Gasteiger partial charge in [-0.1, -0.05) is 19.8 Å². The number of ether oxygens (including phenoxy) is 1. The van der Waals surface area contributed by atoms with E-state index in [4.69, 9.17) is 10.5 Å². The Kier molecular flexibility index (Phi) is 7.49. The maximum Gasteiger partial charge on any atom is 0.119 e. The minimum absolute atomic E-state index is 0.615. The summed E-state index contributed by atoms with van der Waals surface area (Å²) in [5.74, 6) is 2.38. The SMILES string of the molecule is CCCCCS(=O)CCCOc1ccc(N)cc1. The number of hydrogen-bond acceptors (Lipinski definition) is 3. The summed E-state index contributed by atoms with van der Waals surface area (Å²) in [5.41, 5.74) is 6.32. The average molecular weight is 269 g/mol. The first-order valence-corrected chi connectivity index (χ1v) is 8.04. The lowest BCUT2D eigenvalue weighted by Crippen LogP contribution is -2.07. The summed E-state index contributed by atoms with van der Waals surface area (Å²) in [6.07, 6.45) is 4.26. The Balaban J connectivity index is 2.07. The number of nitrogen functional groups attached to an aromatic ring is 1. The van der Waals surface area contributed by atoms with Crippen molar-refractivity contribution in [3.8, 4) is 5.75 Å². The van der Waals surface area contributed by atoms with Crippen LogP contribution in [-0.2, 0) is 10.8 Å². The molecular formula is C14H23NO2S. The molecule has 1 aromatic carbocycles. The first kappa shape index (κ1) is 15.0. The summed E-state index contributed by atoms with van der Waals surface area (Å²) in [4.78, 5) is 0. The Hall–Kier alpha value is -1.03. The molecule has 4 heteroatoms. The summed E-state index contributed by atoms with van der Waals surface area (Å²) < 4.78 is 17.2. The van der Waals surface area contributed by atoms with E-state index < -0.39 is 10.8 Å². The second-order valence-electron chi connectivity index (χ2n) is 4.33. The molecule has 3 nitrogen and oxygen atoms in total. The van der Waals surface area contributed by atoms with E-state index in [2.05, 4.69) is 6.92 Å². The van der Waals surface area contributed by atoms with Crippen LogP contribution in [0.2, 0.25) is 0 Å². The van der Waals surface area contributed by atoms with E-state index >= 15 is 0 Å². The first-order chi connectivity index (χ1) is 8.72. The molecule has 1 rings (SSSR count). The predicted octanol–water partition coefficient (Wildman–Crippen LogP) is 2.98. The Labute approximate surface area is 112 Å². The van der Waals surface area contributed by atoms with Crippen LogP contribution in [0.4, 0.5) is 5.69 Å². The number of rotatable bonds is 9. The summed E-state index contributed by atoms with van der Waals surface area (Å²) in [6, 6.07) is 7.34. The molecule has 0 radical (unpaired) electrons. The van der Waals surface area contributed by atoms with Crippen molar-refractivity contribution < 1.29 is 8.95 Å². The van der Waals surface area contributed by atoms with Crippen LogP contribution in [-0.4, -0.2) is 22.3 Å². The number of hydrogen-bond donors (Lipinski definition) is 1. The van der Waals surface area contributed by atoms with Crippen molar-refractivity contribution in [2.45, 2.75) is 32.6 Å². The number of anilines is 1. The highest BCUT2D eigenvalue weighted by Crippen LogP contribution is 2.13. The van der Waals surface area contributed by atoms with Crippen molar-refractivity contribution in [1.82, 2.24) is 0 Å². The van der Waals surface area contributed by atoms with E-state index in [0.717, 1.165) is 35.8 Å². The van der Waals surface area contributed by atoms with Gasteiger partial charge in [-0.05, 0) is 37.1 Å². The Morgan fingerprint density at radius 2 is 1.78 bits per heavy atom. The largest absolute Gasteiger partial charge is 0.494 e. The lowest BCUT2D eigenvalue weighted by atomic mass is 10.3. The lowest BCUT2D eigenvalue weighted by molar-refractivity contribution is 0.318. The lowest BCUT2D eigenvalue weighted by Gasteiger charge is -2.06. The maximum atomic E-state index is 11.6. The van der Waals surface area contributed by atoms with Crippen LogP contribution in [0.15, 0.2) is 24.3 Å². The third-order valence-corrected chi connectivity index (χ3v) is 4.13. The molecule has 0 aliphatic rings. The van der Waals surface area contributed by atoms with Gasteiger partial charge in [0.05, 0.1) is 6.61 Å². The van der Waals surface area contributed by atoms with Gasteiger partial charge in [0.1, 0.15) is 5.75 Å². The predicted molar refractivity (Wildman–Crippen MR) is 78.4 cm³/mol. The molecule has 0 spiro atoms. The van der Waals surface area contributed by atoms with Crippen molar-refractivity contribution in [1.29, 1.82) is 0 Å². The van der Waals surface area contributed by atoms with Gasteiger partial charge in [-0.2, -0.15) is 0 Å². The van der Waals surface area contributed by atoms with E-state index in [1.807, 2.05) is 24.3 Å². The van der Waals surface area contributed by atoms with Gasteiger partial charge in [-0.3, -0.25) is 4.21 Å². The molecule has 0 aliphatic heterocycles. The fraction of sp³-hybridized carbons (Fsp3) is 0.571. The van der Waals surface area contributed by atoms with Crippen molar-refractivity contribution in [3.63, 3.8) is 0 Å². The molecule has 0 aromatic heterocycles. The highest BCUT2D eigenvalue weighted by Gasteiger charge is 2.00. The molecule has 0 aliphatic carbocycles. The van der Waals surface area contributed by atoms with Gasteiger partial charge in [0.2, 0.25) is 0 Å². The fourth-order valence-electron chi connectivity index (χ4n) is 1.59. The number of benzene rings is 1. The third kappa shape index (κ3) is 6.64. The molecule has 18 heavy (non-hydrogen) atoms. The maximum absolute atomic E-state index is 11.6. The molecule has 0 heterocycles. The fourth-order valence-corrected chi connectivity index (χ4v) is 2.76. The molecule has 1 aromatic rings. The van der Waals surface area contributed by atoms with Crippen LogP contribution in [0.25, 0.3) is 0 Å². The van der Waals surface area contributed by atoms with E-state index in [1.54, 1.807) is 0 Å². The summed E-state index contributed by atoms with van der Waals surface area (Å²) >= 11 is 0.